The second-order valence-corrected chi connectivity index (χ2v) is 4.17. The number of hydrogen-bond donors (Lipinski definition) is 1. The normalized spacial score (nSPS) is 13.4. The van der Waals surface area contributed by atoms with Gasteiger partial charge in [-0.1, -0.05) is 0 Å². The van der Waals surface area contributed by atoms with Crippen molar-refractivity contribution in [3.63, 3.8) is 0 Å². The molecule has 4 nitrogen and oxygen atoms in total. The van der Waals surface area contributed by atoms with Gasteiger partial charge in [-0.15, -0.1) is 0 Å². The number of nitrogens with one attached hydrogen (secondary N) is 1. The van der Waals surface area contributed by atoms with Gasteiger partial charge in [0.25, 0.3) is 0 Å². The van der Waals surface area contributed by atoms with E-state index in [9.17, 15) is 0 Å². The summed E-state index contributed by atoms with van der Waals surface area (Å²) in [6, 6.07) is 0.578. The van der Waals surface area contributed by atoms with Crippen LogP contribution in [0.25, 0.3) is 0 Å². The summed E-state index contributed by atoms with van der Waals surface area (Å²) in [5.74, 6) is 1.12. The van der Waals surface area contributed by atoms with Gasteiger partial charge in [-0.3, -0.25) is 4.90 Å². The third-order valence-corrected chi connectivity index (χ3v) is 2.77. The smallest absolute Gasteiger partial charge is 0.122 e. The predicted molar refractivity (Wildman–Crippen MR) is 62.7 cm³/mol. The van der Waals surface area contributed by atoms with Crippen LogP contribution in [0.15, 0.2) is 12.4 Å². The van der Waals surface area contributed by atoms with Crippen LogP contribution in [0.4, 0.5) is 0 Å². The minimum absolute atomic E-state index is 0.578. The molecule has 0 spiro atoms. The van der Waals surface area contributed by atoms with Crippen LogP contribution in [-0.4, -0.2) is 41.1 Å². The Hall–Kier alpha value is -0.870. The van der Waals surface area contributed by atoms with Gasteiger partial charge in [-0.25, -0.2) is 4.98 Å². The highest BCUT2D eigenvalue weighted by molar-refractivity contribution is 4.90. The molecule has 1 aromatic heterocycles. The number of nitrogens with zero attached hydrogens (tertiary/aromatic N) is 3. The lowest BCUT2D eigenvalue weighted by Crippen LogP contribution is -2.28. The van der Waals surface area contributed by atoms with E-state index in [0.29, 0.717) is 6.04 Å². The Balaban J connectivity index is 2.30. The summed E-state index contributed by atoms with van der Waals surface area (Å²) in [7, 11) is 6.17. The van der Waals surface area contributed by atoms with Gasteiger partial charge >= 0.3 is 0 Å². The first-order chi connectivity index (χ1) is 7.13. The van der Waals surface area contributed by atoms with Gasteiger partial charge in [0, 0.05) is 25.5 Å². The van der Waals surface area contributed by atoms with Crippen molar-refractivity contribution in [3.05, 3.63) is 18.2 Å². The van der Waals surface area contributed by atoms with E-state index >= 15 is 0 Å². The molecule has 1 N–H and O–H groups in total. The molecule has 0 saturated heterocycles. The van der Waals surface area contributed by atoms with Crippen molar-refractivity contribution < 1.29 is 0 Å². The molecule has 15 heavy (non-hydrogen) atoms. The number of imidazole rings is 1. The fourth-order valence-corrected chi connectivity index (χ4v) is 1.43. The monoisotopic (exact) mass is 210 g/mol. The molecule has 0 saturated carbocycles. The maximum atomic E-state index is 4.31. The Bertz CT molecular complexity index is 282. The summed E-state index contributed by atoms with van der Waals surface area (Å²) >= 11 is 0. The number of aryl methyl sites for hydroxylation is 1. The average molecular weight is 210 g/mol. The van der Waals surface area contributed by atoms with Crippen molar-refractivity contribution in [1.29, 1.82) is 0 Å². The molecule has 86 valence electrons. The van der Waals surface area contributed by atoms with E-state index in [2.05, 4.69) is 33.7 Å². The maximum Gasteiger partial charge on any atom is 0.122 e. The van der Waals surface area contributed by atoms with E-state index in [1.165, 1.54) is 0 Å². The van der Waals surface area contributed by atoms with Crippen LogP contribution in [0, 0.1) is 0 Å². The van der Waals surface area contributed by atoms with Gasteiger partial charge in [0.15, 0.2) is 0 Å². The lowest BCUT2D eigenvalue weighted by Gasteiger charge is -2.18. The average Bonchev–Trinajstić information content (AvgIpc) is 2.61. The molecule has 0 fully saturated rings. The summed E-state index contributed by atoms with van der Waals surface area (Å²) in [5, 5.41) is 3.24. The second kappa shape index (κ2) is 5.88. The molecule has 0 radical (unpaired) electrons. The quantitative estimate of drug-likeness (QED) is 0.755. The molecule has 1 atom stereocenters. The maximum absolute atomic E-state index is 4.31. The van der Waals surface area contributed by atoms with Crippen LogP contribution >= 0.6 is 0 Å². The summed E-state index contributed by atoms with van der Waals surface area (Å²) in [5.41, 5.74) is 0. The summed E-state index contributed by atoms with van der Waals surface area (Å²) in [4.78, 5) is 6.61. The largest absolute Gasteiger partial charge is 0.337 e. The predicted octanol–water partition coefficient (Wildman–Crippen LogP) is 0.850. The molecule has 0 bridgehead atoms. The molecule has 0 aromatic carbocycles. The summed E-state index contributed by atoms with van der Waals surface area (Å²) < 4.78 is 2.07. The number of hydrogen-bond acceptors (Lipinski definition) is 3. The van der Waals surface area contributed by atoms with Gasteiger partial charge < -0.3 is 9.88 Å². The zero-order valence-electron chi connectivity index (χ0n) is 10.2. The number of rotatable bonds is 6. The van der Waals surface area contributed by atoms with Crippen molar-refractivity contribution in [2.45, 2.75) is 25.9 Å². The second-order valence-electron chi connectivity index (χ2n) is 4.17. The minimum Gasteiger partial charge on any atom is -0.337 e. The highest BCUT2D eigenvalue weighted by atomic mass is 15.1. The highest BCUT2D eigenvalue weighted by Crippen LogP contribution is 2.01. The van der Waals surface area contributed by atoms with Crippen LogP contribution in [-0.2, 0) is 13.6 Å². The van der Waals surface area contributed by atoms with Crippen molar-refractivity contribution in [2.75, 3.05) is 20.6 Å². The lowest BCUT2D eigenvalue weighted by atomic mass is 10.2. The van der Waals surface area contributed by atoms with Crippen LogP contribution in [0.1, 0.15) is 19.2 Å². The zero-order valence-corrected chi connectivity index (χ0v) is 10.2. The molecule has 1 unspecified atom stereocenters. The van der Waals surface area contributed by atoms with E-state index < -0.39 is 0 Å². The van der Waals surface area contributed by atoms with Crippen LogP contribution in [0.2, 0.25) is 0 Å². The molecule has 1 heterocycles. The fraction of sp³-hybridized carbons (Fsp3) is 0.727. The van der Waals surface area contributed by atoms with Gasteiger partial charge in [0.2, 0.25) is 0 Å². The molecule has 0 aliphatic heterocycles. The molecular weight excluding hydrogens is 188 g/mol. The molecule has 0 amide bonds. The van der Waals surface area contributed by atoms with E-state index in [-0.39, 0.29) is 0 Å². The highest BCUT2D eigenvalue weighted by Gasteiger charge is 2.05. The van der Waals surface area contributed by atoms with Crippen molar-refractivity contribution in [2.24, 2.45) is 7.05 Å². The van der Waals surface area contributed by atoms with Gasteiger partial charge in [0.1, 0.15) is 5.82 Å². The SMILES string of the molecule is CNC(C)CCN(C)Cc1nccn1C. The fourth-order valence-electron chi connectivity index (χ4n) is 1.43. The van der Waals surface area contributed by atoms with Gasteiger partial charge in [-0.05, 0) is 34.0 Å². The Morgan fingerprint density at radius 3 is 2.87 bits per heavy atom. The third-order valence-electron chi connectivity index (χ3n) is 2.77. The first-order valence-electron chi connectivity index (χ1n) is 5.45. The molecule has 1 rings (SSSR count). The molecule has 0 aliphatic rings. The molecule has 4 heteroatoms. The van der Waals surface area contributed by atoms with E-state index in [1.54, 1.807) is 0 Å². The molecule has 1 aromatic rings. The Labute approximate surface area is 92.3 Å². The van der Waals surface area contributed by atoms with Crippen molar-refractivity contribution in [3.8, 4) is 0 Å². The van der Waals surface area contributed by atoms with Crippen molar-refractivity contribution >= 4 is 0 Å². The zero-order chi connectivity index (χ0) is 11.3. The van der Waals surface area contributed by atoms with E-state index in [0.717, 1.165) is 25.3 Å². The Kier molecular flexibility index (Phi) is 4.78. The molecule has 0 aliphatic carbocycles. The van der Waals surface area contributed by atoms with Crippen molar-refractivity contribution in [1.82, 2.24) is 19.8 Å². The van der Waals surface area contributed by atoms with E-state index in [4.69, 9.17) is 0 Å². The first kappa shape index (κ1) is 12.2. The number of aromatic nitrogens is 2. The van der Waals surface area contributed by atoms with Crippen LogP contribution in [0.5, 0.6) is 0 Å². The third kappa shape index (κ3) is 4.01. The van der Waals surface area contributed by atoms with Gasteiger partial charge in [0.05, 0.1) is 6.54 Å². The van der Waals surface area contributed by atoms with Crippen LogP contribution in [0.3, 0.4) is 0 Å². The standard InChI is InChI=1S/C11H22N4/c1-10(12-2)5-7-14(3)9-11-13-6-8-15(11)4/h6,8,10,12H,5,7,9H2,1-4H3. The van der Waals surface area contributed by atoms with Crippen LogP contribution < -0.4 is 5.32 Å². The minimum atomic E-state index is 0.578. The Morgan fingerprint density at radius 2 is 2.33 bits per heavy atom. The van der Waals surface area contributed by atoms with E-state index in [1.807, 2.05) is 26.5 Å². The van der Waals surface area contributed by atoms with Gasteiger partial charge in [-0.2, -0.15) is 0 Å². The summed E-state index contributed by atoms with van der Waals surface area (Å²) in [6.07, 6.45) is 5.00. The summed E-state index contributed by atoms with van der Waals surface area (Å²) in [6.45, 7) is 4.21. The lowest BCUT2D eigenvalue weighted by molar-refractivity contribution is 0.297. The topological polar surface area (TPSA) is 33.1 Å². The Morgan fingerprint density at radius 1 is 1.60 bits per heavy atom. The molecular formula is C11H22N4. The first-order valence-corrected chi connectivity index (χ1v) is 5.45.